The summed E-state index contributed by atoms with van der Waals surface area (Å²) >= 11 is 0. The Hall–Kier alpha value is -1.86. The highest BCUT2D eigenvalue weighted by molar-refractivity contribution is 5.85. The van der Waals surface area contributed by atoms with Crippen molar-refractivity contribution >= 4 is 16.9 Å². The number of fused-ring (bicyclic) bond motifs is 1. The first-order valence-corrected chi connectivity index (χ1v) is 4.91. The molecule has 2 heterocycles. The summed E-state index contributed by atoms with van der Waals surface area (Å²) in [6.07, 6.45) is -2.27. The highest BCUT2D eigenvalue weighted by Gasteiger charge is 2.26. The van der Waals surface area contributed by atoms with Gasteiger partial charge in [0, 0.05) is 13.6 Å². The van der Waals surface area contributed by atoms with Crippen LogP contribution in [0.1, 0.15) is 6.42 Å². The summed E-state index contributed by atoms with van der Waals surface area (Å²) in [6, 6.07) is 0. The molecular formula is C9H10F3N5. The first kappa shape index (κ1) is 11.6. The van der Waals surface area contributed by atoms with Crippen LogP contribution in [0, 0.1) is 0 Å². The van der Waals surface area contributed by atoms with E-state index in [0.717, 1.165) is 0 Å². The van der Waals surface area contributed by atoms with Gasteiger partial charge in [-0.3, -0.25) is 4.68 Å². The summed E-state index contributed by atoms with van der Waals surface area (Å²) in [5.74, 6) is 0.368. The molecule has 17 heavy (non-hydrogen) atoms. The van der Waals surface area contributed by atoms with Crippen LogP contribution in [-0.4, -0.2) is 32.5 Å². The number of nitrogens with one attached hydrogen (secondary N) is 1. The van der Waals surface area contributed by atoms with Crippen molar-refractivity contribution in [2.24, 2.45) is 7.05 Å². The number of rotatable bonds is 3. The zero-order chi connectivity index (χ0) is 12.5. The quantitative estimate of drug-likeness (QED) is 0.894. The van der Waals surface area contributed by atoms with E-state index < -0.39 is 12.6 Å². The van der Waals surface area contributed by atoms with E-state index >= 15 is 0 Å². The molecule has 0 aromatic carbocycles. The van der Waals surface area contributed by atoms with Gasteiger partial charge in [0.05, 0.1) is 18.0 Å². The molecule has 0 amide bonds. The van der Waals surface area contributed by atoms with E-state index in [1.54, 1.807) is 7.05 Å². The van der Waals surface area contributed by atoms with Crippen molar-refractivity contribution in [3.8, 4) is 0 Å². The van der Waals surface area contributed by atoms with Gasteiger partial charge >= 0.3 is 6.18 Å². The molecule has 5 nitrogen and oxygen atoms in total. The molecule has 0 aliphatic heterocycles. The van der Waals surface area contributed by atoms with Crippen LogP contribution in [0.3, 0.4) is 0 Å². The van der Waals surface area contributed by atoms with Gasteiger partial charge in [-0.15, -0.1) is 0 Å². The molecule has 0 fully saturated rings. The van der Waals surface area contributed by atoms with Crippen LogP contribution in [0.15, 0.2) is 12.5 Å². The summed E-state index contributed by atoms with van der Waals surface area (Å²) in [6.45, 7) is -0.218. The molecule has 2 rings (SSSR count). The Morgan fingerprint density at radius 2 is 2.12 bits per heavy atom. The summed E-state index contributed by atoms with van der Waals surface area (Å²) in [5.41, 5.74) is 0.578. The second kappa shape index (κ2) is 4.19. The number of hydrogen-bond acceptors (Lipinski definition) is 4. The Balaban J connectivity index is 2.14. The third-order valence-electron chi connectivity index (χ3n) is 2.23. The van der Waals surface area contributed by atoms with Gasteiger partial charge in [-0.25, -0.2) is 9.97 Å². The Bertz CT molecular complexity index is 519. The molecule has 1 N–H and O–H groups in total. The van der Waals surface area contributed by atoms with Gasteiger partial charge in [-0.2, -0.15) is 18.3 Å². The lowest BCUT2D eigenvalue weighted by atomic mass is 10.3. The molecule has 0 saturated heterocycles. The predicted octanol–water partition coefficient (Wildman–Crippen LogP) is 1.73. The van der Waals surface area contributed by atoms with E-state index in [1.807, 2.05) is 0 Å². The van der Waals surface area contributed by atoms with Crippen LogP contribution < -0.4 is 5.32 Å². The SMILES string of the molecule is Cn1ncc2c(NCCC(F)(F)F)ncnc21. The van der Waals surface area contributed by atoms with Gasteiger partial charge in [0.2, 0.25) is 0 Å². The van der Waals surface area contributed by atoms with Crippen LogP contribution >= 0.6 is 0 Å². The molecule has 2 aromatic rings. The lowest BCUT2D eigenvalue weighted by molar-refractivity contribution is -0.131. The number of alkyl halides is 3. The summed E-state index contributed by atoms with van der Waals surface area (Å²) in [7, 11) is 1.70. The highest BCUT2D eigenvalue weighted by atomic mass is 19.4. The Labute approximate surface area is 94.7 Å². The number of nitrogens with zero attached hydrogens (tertiary/aromatic N) is 4. The fourth-order valence-corrected chi connectivity index (χ4v) is 1.43. The third-order valence-corrected chi connectivity index (χ3v) is 2.23. The molecule has 2 aromatic heterocycles. The van der Waals surface area contributed by atoms with Crippen molar-refractivity contribution < 1.29 is 13.2 Å². The number of aromatic nitrogens is 4. The van der Waals surface area contributed by atoms with E-state index in [-0.39, 0.29) is 6.54 Å². The van der Waals surface area contributed by atoms with Gasteiger partial charge in [0.1, 0.15) is 12.1 Å². The lowest BCUT2D eigenvalue weighted by Gasteiger charge is -2.08. The van der Waals surface area contributed by atoms with Crippen molar-refractivity contribution in [3.05, 3.63) is 12.5 Å². The van der Waals surface area contributed by atoms with E-state index in [9.17, 15) is 13.2 Å². The minimum absolute atomic E-state index is 0.218. The fraction of sp³-hybridized carbons (Fsp3) is 0.444. The number of anilines is 1. The maximum Gasteiger partial charge on any atom is 0.390 e. The molecule has 0 saturated carbocycles. The van der Waals surface area contributed by atoms with Crippen molar-refractivity contribution in [1.82, 2.24) is 19.7 Å². The first-order chi connectivity index (χ1) is 7.97. The standard InChI is InChI=1S/C9H10F3N5/c1-17-8-6(4-16-17)7(14-5-15-8)13-3-2-9(10,11)12/h4-5H,2-3H2,1H3,(H,13,14,15). The second-order valence-corrected chi connectivity index (χ2v) is 3.52. The highest BCUT2D eigenvalue weighted by Crippen LogP contribution is 2.21. The Morgan fingerprint density at radius 1 is 1.35 bits per heavy atom. The Kier molecular flexibility index (Phi) is 2.86. The van der Waals surface area contributed by atoms with Crippen molar-refractivity contribution in [2.75, 3.05) is 11.9 Å². The minimum atomic E-state index is -4.17. The van der Waals surface area contributed by atoms with Gasteiger partial charge in [-0.05, 0) is 0 Å². The maximum atomic E-state index is 12.0. The molecule has 0 atom stereocenters. The van der Waals surface area contributed by atoms with Crippen molar-refractivity contribution in [1.29, 1.82) is 0 Å². The van der Waals surface area contributed by atoms with E-state index in [1.165, 1.54) is 17.2 Å². The Morgan fingerprint density at radius 3 is 2.82 bits per heavy atom. The van der Waals surface area contributed by atoms with Gasteiger partial charge in [0.15, 0.2) is 5.65 Å². The first-order valence-electron chi connectivity index (χ1n) is 4.91. The van der Waals surface area contributed by atoms with Crippen molar-refractivity contribution in [2.45, 2.75) is 12.6 Å². The predicted molar refractivity (Wildman–Crippen MR) is 55.5 cm³/mol. The average molecular weight is 245 g/mol. The summed E-state index contributed by atoms with van der Waals surface area (Å²) in [5, 5.41) is 7.21. The molecule has 0 aliphatic carbocycles. The average Bonchev–Trinajstić information content (AvgIpc) is 2.60. The lowest BCUT2D eigenvalue weighted by Crippen LogP contribution is -2.15. The van der Waals surface area contributed by atoms with Crippen LogP contribution in [0.25, 0.3) is 11.0 Å². The molecular weight excluding hydrogens is 235 g/mol. The van der Waals surface area contributed by atoms with Crippen LogP contribution in [-0.2, 0) is 7.05 Å². The largest absolute Gasteiger partial charge is 0.390 e. The monoisotopic (exact) mass is 245 g/mol. The number of halogens is 3. The third kappa shape index (κ3) is 2.63. The van der Waals surface area contributed by atoms with Crippen LogP contribution in [0.2, 0.25) is 0 Å². The van der Waals surface area contributed by atoms with Crippen LogP contribution in [0.4, 0.5) is 19.0 Å². The second-order valence-electron chi connectivity index (χ2n) is 3.52. The molecule has 0 radical (unpaired) electrons. The molecule has 92 valence electrons. The normalized spacial score (nSPS) is 12.0. The summed E-state index contributed by atoms with van der Waals surface area (Å²) in [4.78, 5) is 7.88. The van der Waals surface area contributed by atoms with Gasteiger partial charge < -0.3 is 5.32 Å². The van der Waals surface area contributed by atoms with E-state index in [4.69, 9.17) is 0 Å². The summed E-state index contributed by atoms with van der Waals surface area (Å²) < 4.78 is 37.5. The van der Waals surface area contributed by atoms with E-state index in [0.29, 0.717) is 16.9 Å². The van der Waals surface area contributed by atoms with Crippen LogP contribution in [0.5, 0.6) is 0 Å². The topological polar surface area (TPSA) is 55.6 Å². The van der Waals surface area contributed by atoms with Gasteiger partial charge in [-0.1, -0.05) is 0 Å². The maximum absolute atomic E-state index is 12.0. The molecule has 0 bridgehead atoms. The molecule has 0 unspecified atom stereocenters. The van der Waals surface area contributed by atoms with Gasteiger partial charge in [0.25, 0.3) is 0 Å². The zero-order valence-electron chi connectivity index (χ0n) is 8.99. The minimum Gasteiger partial charge on any atom is -0.369 e. The zero-order valence-corrected chi connectivity index (χ0v) is 8.99. The fourth-order valence-electron chi connectivity index (χ4n) is 1.43. The molecule has 8 heteroatoms. The van der Waals surface area contributed by atoms with Crippen molar-refractivity contribution in [3.63, 3.8) is 0 Å². The molecule has 0 aliphatic rings. The number of aryl methyl sites for hydroxylation is 1. The smallest absolute Gasteiger partial charge is 0.369 e. The molecule has 0 spiro atoms. The van der Waals surface area contributed by atoms with E-state index in [2.05, 4.69) is 20.4 Å². The number of hydrogen-bond donors (Lipinski definition) is 1.